The van der Waals surface area contributed by atoms with Crippen LogP contribution in [0.4, 0.5) is 0 Å². The molecule has 0 bridgehead atoms. The van der Waals surface area contributed by atoms with Gasteiger partial charge in [-0.05, 0) is 46.3 Å². The van der Waals surface area contributed by atoms with Crippen LogP contribution in [0.15, 0.2) is 6.07 Å². The van der Waals surface area contributed by atoms with E-state index >= 15 is 0 Å². The van der Waals surface area contributed by atoms with Gasteiger partial charge in [-0.1, -0.05) is 6.42 Å². The number of hydrogen-bond donors (Lipinski definition) is 0. The molecule has 1 fully saturated rings. The molecule has 1 aromatic rings. The zero-order valence-electron chi connectivity index (χ0n) is 9.82. The van der Waals surface area contributed by atoms with Crippen molar-refractivity contribution in [2.75, 3.05) is 13.6 Å². The molecule has 82 valence electrons. The third kappa shape index (κ3) is 2.34. The van der Waals surface area contributed by atoms with E-state index < -0.39 is 0 Å². The molecule has 1 aliphatic heterocycles. The van der Waals surface area contributed by atoms with Gasteiger partial charge in [0.15, 0.2) is 0 Å². The molecule has 0 aliphatic carbocycles. The highest BCUT2D eigenvalue weighted by atomic mass is 15.2. The maximum Gasteiger partial charge on any atom is 0.145 e. The van der Waals surface area contributed by atoms with Gasteiger partial charge in [-0.2, -0.15) is 0 Å². The number of hydrogen-bond acceptors (Lipinski definition) is 3. The van der Waals surface area contributed by atoms with Crippen molar-refractivity contribution in [1.82, 2.24) is 14.9 Å². The molecule has 0 spiro atoms. The van der Waals surface area contributed by atoms with E-state index in [0.29, 0.717) is 6.04 Å². The number of piperidine rings is 1. The predicted molar refractivity (Wildman–Crippen MR) is 60.7 cm³/mol. The minimum absolute atomic E-state index is 0.428. The molecule has 0 saturated carbocycles. The highest BCUT2D eigenvalue weighted by molar-refractivity contribution is 5.10. The van der Waals surface area contributed by atoms with E-state index in [1.54, 1.807) is 0 Å². The Morgan fingerprint density at radius 3 is 2.47 bits per heavy atom. The van der Waals surface area contributed by atoms with Gasteiger partial charge in [0.25, 0.3) is 0 Å². The molecule has 0 amide bonds. The first-order valence-electron chi connectivity index (χ1n) is 5.69. The molecule has 15 heavy (non-hydrogen) atoms. The van der Waals surface area contributed by atoms with Crippen LogP contribution >= 0.6 is 0 Å². The zero-order chi connectivity index (χ0) is 10.8. The smallest absolute Gasteiger partial charge is 0.145 e. The molecular formula is C12H19N3. The first-order chi connectivity index (χ1) is 7.16. The van der Waals surface area contributed by atoms with Crippen molar-refractivity contribution < 1.29 is 0 Å². The lowest BCUT2D eigenvalue weighted by Crippen LogP contribution is -2.31. The number of rotatable bonds is 1. The molecule has 0 aromatic carbocycles. The highest BCUT2D eigenvalue weighted by Gasteiger charge is 2.23. The maximum absolute atomic E-state index is 4.56. The summed E-state index contributed by atoms with van der Waals surface area (Å²) < 4.78 is 0. The van der Waals surface area contributed by atoms with Crippen molar-refractivity contribution in [2.45, 2.75) is 39.2 Å². The van der Waals surface area contributed by atoms with Crippen LogP contribution in [0.1, 0.15) is 42.5 Å². The Morgan fingerprint density at radius 1 is 1.20 bits per heavy atom. The number of nitrogens with zero attached hydrogens (tertiary/aromatic N) is 3. The Hall–Kier alpha value is -0.960. The molecule has 2 rings (SSSR count). The molecule has 1 saturated heterocycles. The Labute approximate surface area is 91.5 Å². The highest BCUT2D eigenvalue weighted by Crippen LogP contribution is 2.27. The van der Waals surface area contributed by atoms with Crippen molar-refractivity contribution in [3.05, 3.63) is 23.3 Å². The van der Waals surface area contributed by atoms with Crippen LogP contribution < -0.4 is 0 Å². The normalized spacial score (nSPS) is 23.0. The van der Waals surface area contributed by atoms with Gasteiger partial charge in [-0.25, -0.2) is 9.97 Å². The average molecular weight is 205 g/mol. The summed E-state index contributed by atoms with van der Waals surface area (Å²) in [6, 6.07) is 2.46. The van der Waals surface area contributed by atoms with E-state index in [9.17, 15) is 0 Å². The fraction of sp³-hybridized carbons (Fsp3) is 0.667. The largest absolute Gasteiger partial charge is 0.296 e. The summed E-state index contributed by atoms with van der Waals surface area (Å²) in [7, 11) is 2.17. The van der Waals surface area contributed by atoms with Crippen LogP contribution in [-0.4, -0.2) is 28.5 Å². The van der Waals surface area contributed by atoms with Gasteiger partial charge in [-0.3, -0.25) is 4.90 Å². The molecule has 0 radical (unpaired) electrons. The summed E-state index contributed by atoms with van der Waals surface area (Å²) in [5, 5.41) is 0. The summed E-state index contributed by atoms with van der Waals surface area (Å²) in [5.41, 5.74) is 2.16. The second-order valence-corrected chi connectivity index (χ2v) is 4.50. The molecule has 1 aromatic heterocycles. The second kappa shape index (κ2) is 4.27. The lowest BCUT2D eigenvalue weighted by Gasteiger charge is -2.31. The standard InChI is InChI=1S/C12H19N3/c1-9-8-10(2)14-12(13-9)11-6-4-5-7-15(11)3/h8,11H,4-7H2,1-3H3/t11-/m1/s1. The topological polar surface area (TPSA) is 29.0 Å². The van der Waals surface area contributed by atoms with E-state index in [0.717, 1.165) is 17.2 Å². The van der Waals surface area contributed by atoms with Crippen molar-refractivity contribution in [3.63, 3.8) is 0 Å². The zero-order valence-corrected chi connectivity index (χ0v) is 9.82. The molecule has 1 aliphatic rings. The van der Waals surface area contributed by atoms with Crippen molar-refractivity contribution >= 4 is 0 Å². The van der Waals surface area contributed by atoms with Crippen molar-refractivity contribution in [3.8, 4) is 0 Å². The molecule has 2 heterocycles. The van der Waals surface area contributed by atoms with Gasteiger partial charge in [-0.15, -0.1) is 0 Å². The first-order valence-corrected chi connectivity index (χ1v) is 5.69. The summed E-state index contributed by atoms with van der Waals surface area (Å²) in [4.78, 5) is 11.5. The van der Waals surface area contributed by atoms with Gasteiger partial charge < -0.3 is 0 Å². The Morgan fingerprint density at radius 2 is 1.87 bits per heavy atom. The fourth-order valence-electron chi connectivity index (χ4n) is 2.30. The minimum atomic E-state index is 0.428. The third-order valence-electron chi connectivity index (χ3n) is 3.07. The van der Waals surface area contributed by atoms with Crippen LogP contribution in [0.5, 0.6) is 0 Å². The Bertz CT molecular complexity index is 328. The van der Waals surface area contributed by atoms with Crippen LogP contribution in [-0.2, 0) is 0 Å². The van der Waals surface area contributed by atoms with Crippen molar-refractivity contribution in [2.24, 2.45) is 0 Å². The summed E-state index contributed by atoms with van der Waals surface area (Å²) in [6.45, 7) is 5.25. The molecular weight excluding hydrogens is 186 g/mol. The number of aromatic nitrogens is 2. The predicted octanol–water partition coefficient (Wildman–Crippen LogP) is 2.25. The van der Waals surface area contributed by atoms with E-state index in [1.807, 2.05) is 19.9 Å². The molecule has 3 heteroatoms. The monoisotopic (exact) mass is 205 g/mol. The minimum Gasteiger partial charge on any atom is -0.296 e. The molecule has 0 unspecified atom stereocenters. The third-order valence-corrected chi connectivity index (χ3v) is 3.07. The average Bonchev–Trinajstić information content (AvgIpc) is 2.16. The van der Waals surface area contributed by atoms with Gasteiger partial charge >= 0.3 is 0 Å². The van der Waals surface area contributed by atoms with E-state index in [2.05, 4.69) is 21.9 Å². The summed E-state index contributed by atoms with van der Waals surface area (Å²) >= 11 is 0. The van der Waals surface area contributed by atoms with Crippen LogP contribution in [0, 0.1) is 13.8 Å². The fourth-order valence-corrected chi connectivity index (χ4v) is 2.30. The lowest BCUT2D eigenvalue weighted by atomic mass is 10.0. The molecule has 3 nitrogen and oxygen atoms in total. The maximum atomic E-state index is 4.56. The van der Waals surface area contributed by atoms with Gasteiger partial charge in [0.2, 0.25) is 0 Å². The Kier molecular flexibility index (Phi) is 3.00. The van der Waals surface area contributed by atoms with Crippen LogP contribution in [0.2, 0.25) is 0 Å². The van der Waals surface area contributed by atoms with Crippen LogP contribution in [0.25, 0.3) is 0 Å². The van der Waals surface area contributed by atoms with E-state index in [1.165, 1.54) is 25.8 Å². The summed E-state index contributed by atoms with van der Waals surface area (Å²) in [5.74, 6) is 1.01. The van der Waals surface area contributed by atoms with Crippen LogP contribution in [0.3, 0.4) is 0 Å². The van der Waals surface area contributed by atoms with Gasteiger partial charge in [0.1, 0.15) is 5.82 Å². The van der Waals surface area contributed by atoms with E-state index in [-0.39, 0.29) is 0 Å². The van der Waals surface area contributed by atoms with Gasteiger partial charge in [0, 0.05) is 11.4 Å². The molecule has 0 N–H and O–H groups in total. The number of likely N-dealkylation sites (tertiary alicyclic amines) is 1. The first kappa shape index (κ1) is 10.6. The number of aryl methyl sites for hydroxylation is 2. The van der Waals surface area contributed by atoms with Crippen molar-refractivity contribution in [1.29, 1.82) is 0 Å². The van der Waals surface area contributed by atoms with E-state index in [4.69, 9.17) is 0 Å². The summed E-state index contributed by atoms with van der Waals surface area (Å²) in [6.07, 6.45) is 3.79. The SMILES string of the molecule is Cc1cc(C)nc([C@H]2CCCCN2C)n1. The second-order valence-electron chi connectivity index (χ2n) is 4.50. The lowest BCUT2D eigenvalue weighted by molar-refractivity contribution is 0.179. The quantitative estimate of drug-likeness (QED) is 0.704. The Balaban J connectivity index is 2.27. The van der Waals surface area contributed by atoms with Gasteiger partial charge in [0.05, 0.1) is 6.04 Å². The molecule has 1 atom stereocenters.